The van der Waals surface area contributed by atoms with Gasteiger partial charge in [-0.05, 0) is 51.7 Å². The van der Waals surface area contributed by atoms with E-state index >= 15 is 0 Å². The summed E-state index contributed by atoms with van der Waals surface area (Å²) in [6.07, 6.45) is 0. The molecule has 0 bridgehead atoms. The van der Waals surface area contributed by atoms with Gasteiger partial charge < -0.3 is 14.8 Å². The fraction of sp³-hybridized carbons (Fsp3) is 0.227. The molecular weight excluding hydrogens is 466 g/mol. The molecule has 0 unspecified atom stereocenters. The van der Waals surface area contributed by atoms with Crippen LogP contribution in [0.4, 0.5) is 0 Å². The summed E-state index contributed by atoms with van der Waals surface area (Å²) in [7, 11) is 1.62. The quantitative estimate of drug-likeness (QED) is 0.239. The lowest BCUT2D eigenvalue weighted by Crippen LogP contribution is -2.17. The molecule has 0 radical (unpaired) electrons. The van der Waals surface area contributed by atoms with Gasteiger partial charge >= 0.3 is 0 Å². The van der Waals surface area contributed by atoms with Crippen LogP contribution in [0.1, 0.15) is 10.4 Å². The number of methoxy groups -OCH3 is 1. The van der Waals surface area contributed by atoms with Gasteiger partial charge in [-0.2, -0.15) is 4.68 Å². The molecule has 1 N–H and O–H groups in total. The number of ether oxygens (including phenoxy) is 2. The topological polar surface area (TPSA) is 74.1 Å². The molecule has 0 saturated carbocycles. The Hall–Kier alpha value is -2.59. The van der Waals surface area contributed by atoms with Crippen LogP contribution in [-0.4, -0.2) is 39.6 Å². The van der Waals surface area contributed by atoms with Crippen molar-refractivity contribution in [2.45, 2.75) is 18.3 Å². The second-order valence-electron chi connectivity index (χ2n) is 6.71. The first kappa shape index (κ1) is 22.6. The van der Waals surface area contributed by atoms with Crippen molar-refractivity contribution in [2.24, 2.45) is 0 Å². The van der Waals surface area contributed by atoms with E-state index in [1.807, 2.05) is 60.0 Å². The number of halogens is 1. The van der Waals surface area contributed by atoms with E-state index in [1.165, 1.54) is 0 Å². The van der Waals surface area contributed by atoms with Crippen molar-refractivity contribution >= 4 is 34.7 Å². The number of rotatable bonds is 11. The summed E-state index contributed by atoms with van der Waals surface area (Å²) in [5, 5.41) is 18.7. The van der Waals surface area contributed by atoms with E-state index in [1.54, 1.807) is 34.9 Å². The zero-order chi connectivity index (χ0) is 22.2. The van der Waals surface area contributed by atoms with Crippen LogP contribution < -0.4 is 14.8 Å². The first-order valence-corrected chi connectivity index (χ1v) is 12.2. The third-order valence-electron chi connectivity index (χ3n) is 4.51. The molecule has 4 rings (SSSR count). The highest BCUT2D eigenvalue weighted by molar-refractivity contribution is 7.99. The summed E-state index contributed by atoms with van der Waals surface area (Å²) >= 11 is 9.72. The van der Waals surface area contributed by atoms with E-state index in [4.69, 9.17) is 21.1 Å². The van der Waals surface area contributed by atoms with Crippen LogP contribution in [0.5, 0.6) is 11.5 Å². The van der Waals surface area contributed by atoms with Crippen molar-refractivity contribution in [3.05, 3.63) is 75.4 Å². The normalized spacial score (nSPS) is 10.9. The molecule has 2 heterocycles. The smallest absolute Gasteiger partial charge is 0.214 e. The lowest BCUT2D eigenvalue weighted by atomic mass is 10.2. The molecular formula is C22H22ClN5O2S2. The number of tetrazole rings is 1. The Bertz CT molecular complexity index is 1120. The van der Waals surface area contributed by atoms with Crippen LogP contribution in [-0.2, 0) is 13.2 Å². The van der Waals surface area contributed by atoms with E-state index in [-0.39, 0.29) is 0 Å². The summed E-state index contributed by atoms with van der Waals surface area (Å²) < 4.78 is 13.1. The fourth-order valence-corrected chi connectivity index (χ4v) is 4.69. The molecule has 0 aliphatic carbocycles. The standard InChI is InChI=1S/C22H22ClN5O2S2/c1-29-20-13-16(12-19(23)21(20)30-15-18-8-5-10-31-18)14-24-9-11-32-22-25-26-27-28(22)17-6-3-2-4-7-17/h2-8,10,12-13,24H,9,11,14-15H2,1H3. The number of nitrogens with one attached hydrogen (secondary N) is 1. The third-order valence-corrected chi connectivity index (χ3v) is 6.56. The van der Waals surface area contributed by atoms with Gasteiger partial charge in [0.25, 0.3) is 0 Å². The Morgan fingerprint density at radius 3 is 2.81 bits per heavy atom. The maximum absolute atomic E-state index is 6.48. The average Bonchev–Trinajstić information content (AvgIpc) is 3.50. The molecule has 0 amide bonds. The summed E-state index contributed by atoms with van der Waals surface area (Å²) in [5.74, 6) is 2.01. The molecule has 10 heteroatoms. The van der Waals surface area contributed by atoms with Crippen molar-refractivity contribution in [3.8, 4) is 17.2 Å². The first-order chi connectivity index (χ1) is 15.7. The molecule has 0 fully saturated rings. The van der Waals surface area contributed by atoms with Crippen molar-refractivity contribution in [2.75, 3.05) is 19.4 Å². The maximum Gasteiger partial charge on any atom is 0.214 e. The molecule has 0 spiro atoms. The van der Waals surface area contributed by atoms with Gasteiger partial charge in [-0.15, -0.1) is 16.4 Å². The minimum absolute atomic E-state index is 0.463. The maximum atomic E-state index is 6.48. The molecule has 7 nitrogen and oxygen atoms in total. The minimum atomic E-state index is 0.463. The monoisotopic (exact) mass is 487 g/mol. The van der Waals surface area contributed by atoms with Crippen LogP contribution in [0.3, 0.4) is 0 Å². The second-order valence-corrected chi connectivity index (χ2v) is 9.21. The molecule has 0 saturated heterocycles. The first-order valence-electron chi connectivity index (χ1n) is 9.93. The van der Waals surface area contributed by atoms with E-state index in [0.717, 1.165) is 33.6 Å². The minimum Gasteiger partial charge on any atom is -0.493 e. The summed E-state index contributed by atoms with van der Waals surface area (Å²) in [4.78, 5) is 1.13. The fourth-order valence-electron chi connectivity index (χ4n) is 3.00. The van der Waals surface area contributed by atoms with Crippen LogP contribution in [0.2, 0.25) is 5.02 Å². The molecule has 2 aromatic carbocycles. The van der Waals surface area contributed by atoms with Crippen LogP contribution in [0, 0.1) is 0 Å². The third kappa shape index (κ3) is 5.80. The average molecular weight is 488 g/mol. The summed E-state index contributed by atoms with van der Waals surface area (Å²) in [6.45, 7) is 1.90. The highest BCUT2D eigenvalue weighted by Gasteiger charge is 2.13. The number of hydrogen-bond acceptors (Lipinski definition) is 8. The van der Waals surface area contributed by atoms with E-state index in [2.05, 4.69) is 20.8 Å². The largest absolute Gasteiger partial charge is 0.493 e. The van der Waals surface area contributed by atoms with Crippen molar-refractivity contribution in [3.63, 3.8) is 0 Å². The number of aromatic nitrogens is 4. The van der Waals surface area contributed by atoms with Crippen LogP contribution >= 0.6 is 34.7 Å². The second kappa shape index (κ2) is 11.3. The van der Waals surface area contributed by atoms with Gasteiger partial charge in [-0.25, -0.2) is 0 Å². The van der Waals surface area contributed by atoms with Crippen molar-refractivity contribution < 1.29 is 9.47 Å². The van der Waals surface area contributed by atoms with Crippen molar-refractivity contribution in [1.82, 2.24) is 25.5 Å². The lowest BCUT2D eigenvalue weighted by Gasteiger charge is -2.14. The Kier molecular flexibility index (Phi) is 8.00. The zero-order valence-electron chi connectivity index (χ0n) is 17.4. The van der Waals surface area contributed by atoms with Gasteiger partial charge in [0.2, 0.25) is 5.16 Å². The highest BCUT2D eigenvalue weighted by Crippen LogP contribution is 2.37. The Balaban J connectivity index is 1.28. The molecule has 32 heavy (non-hydrogen) atoms. The van der Waals surface area contributed by atoms with E-state index in [9.17, 15) is 0 Å². The number of para-hydroxylation sites is 1. The predicted molar refractivity (Wildman–Crippen MR) is 128 cm³/mol. The predicted octanol–water partition coefficient (Wildman–Crippen LogP) is 4.85. The Morgan fingerprint density at radius 1 is 1.16 bits per heavy atom. The number of hydrogen-bond donors (Lipinski definition) is 1. The molecule has 4 aromatic rings. The van der Waals surface area contributed by atoms with Gasteiger partial charge in [0.05, 0.1) is 17.8 Å². The van der Waals surface area contributed by atoms with Gasteiger partial charge in [0.1, 0.15) is 6.61 Å². The van der Waals surface area contributed by atoms with Crippen LogP contribution in [0.25, 0.3) is 5.69 Å². The molecule has 0 aliphatic rings. The summed E-state index contributed by atoms with van der Waals surface area (Å²) in [5.41, 5.74) is 1.96. The van der Waals surface area contributed by atoms with Gasteiger partial charge in [0, 0.05) is 23.7 Å². The van der Waals surface area contributed by atoms with E-state index in [0.29, 0.717) is 29.7 Å². The molecule has 0 aliphatic heterocycles. The number of thioether (sulfide) groups is 1. The zero-order valence-corrected chi connectivity index (χ0v) is 19.8. The number of thiophene rings is 1. The Labute approximate surface area is 199 Å². The summed E-state index contributed by atoms with van der Waals surface area (Å²) in [6, 6.07) is 17.7. The molecule has 166 valence electrons. The van der Waals surface area contributed by atoms with Gasteiger partial charge in [-0.3, -0.25) is 0 Å². The molecule has 0 atom stereocenters. The van der Waals surface area contributed by atoms with E-state index < -0.39 is 0 Å². The lowest BCUT2D eigenvalue weighted by molar-refractivity contribution is 0.287. The Morgan fingerprint density at radius 2 is 2.03 bits per heavy atom. The van der Waals surface area contributed by atoms with Gasteiger partial charge in [0.15, 0.2) is 11.5 Å². The van der Waals surface area contributed by atoms with Crippen LogP contribution in [0.15, 0.2) is 65.1 Å². The number of nitrogens with zero attached hydrogens (tertiary/aromatic N) is 4. The SMILES string of the molecule is COc1cc(CNCCSc2nnnn2-c2ccccc2)cc(Cl)c1OCc1cccs1. The number of benzene rings is 2. The van der Waals surface area contributed by atoms with Gasteiger partial charge in [-0.1, -0.05) is 47.6 Å². The molecule has 2 aromatic heterocycles. The highest BCUT2D eigenvalue weighted by atomic mass is 35.5. The van der Waals surface area contributed by atoms with Crippen molar-refractivity contribution in [1.29, 1.82) is 0 Å².